The van der Waals surface area contributed by atoms with Crippen LogP contribution in [0.1, 0.15) is 22.2 Å². The maximum absolute atomic E-state index is 13.3. The van der Waals surface area contributed by atoms with Gasteiger partial charge in [-0.1, -0.05) is 36.0 Å². The topological polar surface area (TPSA) is 61.2 Å². The minimum absolute atomic E-state index is 0.183. The highest BCUT2D eigenvalue weighted by Gasteiger charge is 2.22. The summed E-state index contributed by atoms with van der Waals surface area (Å²) in [4.78, 5) is 31.1. The highest BCUT2D eigenvalue weighted by molar-refractivity contribution is 7.99. The standard InChI is InChI=1S/C19H18N2O3S2/c1-4-11-25-19-20-16-14(12(3)15(26-16)18(23)24-5-2)17(22)21(19)13-9-7-6-8-10-13/h4,6-10H,1,5,11H2,2-3H3. The van der Waals surface area contributed by atoms with E-state index in [0.717, 1.165) is 5.69 Å². The Morgan fingerprint density at radius 2 is 2.12 bits per heavy atom. The van der Waals surface area contributed by atoms with E-state index in [1.807, 2.05) is 30.3 Å². The third kappa shape index (κ3) is 3.32. The molecule has 134 valence electrons. The van der Waals surface area contributed by atoms with Crippen LogP contribution in [0, 0.1) is 6.92 Å². The smallest absolute Gasteiger partial charge is 0.348 e. The highest BCUT2D eigenvalue weighted by Crippen LogP contribution is 2.30. The second-order valence-electron chi connectivity index (χ2n) is 5.43. The zero-order valence-electron chi connectivity index (χ0n) is 14.5. The summed E-state index contributed by atoms with van der Waals surface area (Å²) in [6.45, 7) is 7.54. The Morgan fingerprint density at radius 1 is 1.38 bits per heavy atom. The van der Waals surface area contributed by atoms with E-state index in [1.54, 1.807) is 24.5 Å². The number of hydrogen-bond donors (Lipinski definition) is 0. The molecule has 3 aromatic rings. The molecule has 0 unspecified atom stereocenters. The number of hydrogen-bond acceptors (Lipinski definition) is 6. The van der Waals surface area contributed by atoms with Crippen molar-refractivity contribution in [2.75, 3.05) is 12.4 Å². The number of esters is 1. The van der Waals surface area contributed by atoms with Gasteiger partial charge in [0.2, 0.25) is 0 Å². The SMILES string of the molecule is C=CCSc1nc2sc(C(=O)OCC)c(C)c2c(=O)n1-c1ccccc1. The summed E-state index contributed by atoms with van der Waals surface area (Å²) >= 11 is 2.63. The van der Waals surface area contributed by atoms with Crippen molar-refractivity contribution in [1.29, 1.82) is 0 Å². The number of benzene rings is 1. The molecule has 3 rings (SSSR count). The number of para-hydroxylation sites is 1. The summed E-state index contributed by atoms with van der Waals surface area (Å²) in [5, 5.41) is 1.04. The predicted octanol–water partition coefficient (Wildman–Crippen LogP) is 4.21. The molecule has 5 nitrogen and oxygen atoms in total. The van der Waals surface area contributed by atoms with Crippen molar-refractivity contribution >= 4 is 39.3 Å². The summed E-state index contributed by atoms with van der Waals surface area (Å²) in [7, 11) is 0. The molecule has 0 atom stereocenters. The lowest BCUT2D eigenvalue weighted by Crippen LogP contribution is -2.21. The molecule has 0 aliphatic heterocycles. The molecule has 2 heterocycles. The fourth-order valence-electron chi connectivity index (χ4n) is 2.59. The Hall–Kier alpha value is -2.38. The van der Waals surface area contributed by atoms with Gasteiger partial charge in [-0.2, -0.15) is 0 Å². The van der Waals surface area contributed by atoms with Gasteiger partial charge in [0.15, 0.2) is 5.16 Å². The fraction of sp³-hybridized carbons (Fsp3) is 0.211. The quantitative estimate of drug-likeness (QED) is 0.275. The Balaban J connectivity index is 2.29. The van der Waals surface area contributed by atoms with Gasteiger partial charge in [-0.3, -0.25) is 9.36 Å². The molecule has 0 spiro atoms. The number of thioether (sulfide) groups is 1. The van der Waals surface area contributed by atoms with Crippen LogP contribution in [0.2, 0.25) is 0 Å². The van der Waals surface area contributed by atoms with E-state index in [0.29, 0.717) is 31.6 Å². The highest BCUT2D eigenvalue weighted by atomic mass is 32.2. The van der Waals surface area contributed by atoms with Crippen LogP contribution in [-0.2, 0) is 4.74 Å². The third-order valence-electron chi connectivity index (χ3n) is 3.74. The van der Waals surface area contributed by atoms with Gasteiger partial charge in [-0.15, -0.1) is 17.9 Å². The van der Waals surface area contributed by atoms with Crippen molar-refractivity contribution in [1.82, 2.24) is 9.55 Å². The number of aryl methyl sites for hydroxylation is 1. The van der Waals surface area contributed by atoms with E-state index >= 15 is 0 Å². The van der Waals surface area contributed by atoms with Gasteiger partial charge in [0.1, 0.15) is 9.71 Å². The van der Waals surface area contributed by atoms with Gasteiger partial charge in [0.25, 0.3) is 5.56 Å². The molecule has 1 aromatic carbocycles. The molecule has 0 radical (unpaired) electrons. The van der Waals surface area contributed by atoms with Crippen LogP contribution >= 0.6 is 23.1 Å². The summed E-state index contributed by atoms with van der Waals surface area (Å²) in [5.74, 6) is 0.207. The minimum atomic E-state index is -0.418. The Labute approximate surface area is 159 Å². The van der Waals surface area contributed by atoms with E-state index < -0.39 is 5.97 Å². The lowest BCUT2D eigenvalue weighted by molar-refractivity contribution is 0.0531. The Kier molecular flexibility index (Phi) is 5.58. The predicted molar refractivity (Wildman–Crippen MR) is 107 cm³/mol. The zero-order valence-corrected chi connectivity index (χ0v) is 16.2. The number of carbonyl (C=O) groups excluding carboxylic acids is 1. The van der Waals surface area contributed by atoms with Crippen LogP contribution in [0.15, 0.2) is 52.9 Å². The molecule has 0 saturated heterocycles. The van der Waals surface area contributed by atoms with Gasteiger partial charge in [-0.05, 0) is 31.5 Å². The average molecular weight is 386 g/mol. The minimum Gasteiger partial charge on any atom is -0.462 e. The molecule has 0 aliphatic carbocycles. The first-order valence-corrected chi connectivity index (χ1v) is 9.91. The van der Waals surface area contributed by atoms with E-state index in [9.17, 15) is 9.59 Å². The molecule has 0 saturated carbocycles. The van der Waals surface area contributed by atoms with Crippen LogP contribution in [0.3, 0.4) is 0 Å². The maximum atomic E-state index is 13.3. The average Bonchev–Trinajstić information content (AvgIpc) is 2.98. The molecule has 0 aliphatic rings. The van der Waals surface area contributed by atoms with E-state index in [1.165, 1.54) is 23.1 Å². The summed E-state index contributed by atoms with van der Waals surface area (Å²) in [6.07, 6.45) is 1.76. The van der Waals surface area contributed by atoms with Crippen LogP contribution in [0.25, 0.3) is 15.9 Å². The first-order chi connectivity index (χ1) is 12.6. The van der Waals surface area contributed by atoms with Crippen LogP contribution in [-0.4, -0.2) is 27.9 Å². The van der Waals surface area contributed by atoms with Gasteiger partial charge in [0.05, 0.1) is 17.7 Å². The Morgan fingerprint density at radius 3 is 2.77 bits per heavy atom. The first kappa shape index (κ1) is 18.4. The van der Waals surface area contributed by atoms with Crippen molar-refractivity contribution in [3.05, 3.63) is 63.8 Å². The van der Waals surface area contributed by atoms with Crippen molar-refractivity contribution in [2.45, 2.75) is 19.0 Å². The number of rotatable bonds is 6. The third-order valence-corrected chi connectivity index (χ3v) is 5.84. The van der Waals surface area contributed by atoms with Crippen molar-refractivity contribution in [3.8, 4) is 5.69 Å². The summed E-state index contributed by atoms with van der Waals surface area (Å²) in [6, 6.07) is 9.37. The molecule has 0 N–H and O–H groups in total. The normalized spacial score (nSPS) is 10.8. The number of aromatic nitrogens is 2. The summed E-state index contributed by atoms with van der Waals surface area (Å²) < 4.78 is 6.69. The molecular weight excluding hydrogens is 368 g/mol. The largest absolute Gasteiger partial charge is 0.462 e. The second-order valence-corrected chi connectivity index (χ2v) is 7.41. The fourth-order valence-corrected chi connectivity index (χ4v) is 4.45. The second kappa shape index (κ2) is 7.88. The van der Waals surface area contributed by atoms with E-state index in [-0.39, 0.29) is 12.2 Å². The van der Waals surface area contributed by atoms with Gasteiger partial charge in [-0.25, -0.2) is 9.78 Å². The molecule has 26 heavy (non-hydrogen) atoms. The molecule has 0 fully saturated rings. The van der Waals surface area contributed by atoms with Crippen molar-refractivity contribution in [2.24, 2.45) is 0 Å². The van der Waals surface area contributed by atoms with Gasteiger partial charge in [0, 0.05) is 5.75 Å². The number of ether oxygens (including phenoxy) is 1. The van der Waals surface area contributed by atoms with Gasteiger partial charge < -0.3 is 4.74 Å². The molecule has 7 heteroatoms. The number of fused-ring (bicyclic) bond motifs is 1. The van der Waals surface area contributed by atoms with Crippen LogP contribution in [0.5, 0.6) is 0 Å². The monoisotopic (exact) mass is 386 g/mol. The zero-order chi connectivity index (χ0) is 18.7. The van der Waals surface area contributed by atoms with E-state index in [4.69, 9.17) is 4.74 Å². The lowest BCUT2D eigenvalue weighted by Gasteiger charge is -2.11. The van der Waals surface area contributed by atoms with Crippen molar-refractivity contribution < 1.29 is 9.53 Å². The molecular formula is C19H18N2O3S2. The van der Waals surface area contributed by atoms with Crippen LogP contribution in [0.4, 0.5) is 0 Å². The molecule has 0 amide bonds. The molecule has 2 aromatic heterocycles. The van der Waals surface area contributed by atoms with Crippen LogP contribution < -0.4 is 5.56 Å². The lowest BCUT2D eigenvalue weighted by atomic mass is 10.2. The molecule has 0 bridgehead atoms. The number of carbonyl (C=O) groups is 1. The van der Waals surface area contributed by atoms with E-state index in [2.05, 4.69) is 11.6 Å². The first-order valence-electron chi connectivity index (χ1n) is 8.10. The summed E-state index contributed by atoms with van der Waals surface area (Å²) in [5.41, 5.74) is 1.17. The number of thiophene rings is 1. The maximum Gasteiger partial charge on any atom is 0.348 e. The Bertz CT molecular complexity index is 1020. The van der Waals surface area contributed by atoms with Gasteiger partial charge >= 0.3 is 5.97 Å². The number of nitrogens with zero attached hydrogens (tertiary/aromatic N) is 2. The van der Waals surface area contributed by atoms with Crippen molar-refractivity contribution in [3.63, 3.8) is 0 Å².